The topological polar surface area (TPSA) is 28.6 Å². The summed E-state index contributed by atoms with van der Waals surface area (Å²) >= 11 is 1.70. The van der Waals surface area contributed by atoms with Crippen LogP contribution in [0.4, 0.5) is 10.1 Å². The molecule has 2 aliphatic heterocycles. The van der Waals surface area contributed by atoms with Gasteiger partial charge in [-0.15, -0.1) is 11.3 Å². The molecule has 0 atom stereocenters. The zero-order valence-electron chi connectivity index (χ0n) is 17.4. The fourth-order valence-corrected chi connectivity index (χ4v) is 4.75. The highest BCUT2D eigenvalue weighted by Crippen LogP contribution is 2.35. The van der Waals surface area contributed by atoms with E-state index in [0.29, 0.717) is 13.0 Å². The fourth-order valence-electron chi connectivity index (χ4n) is 3.84. The number of anilines is 1. The van der Waals surface area contributed by atoms with Crippen LogP contribution in [-0.4, -0.2) is 55.9 Å². The number of ether oxygens (including phenoxy) is 1. The minimum Gasteiger partial charge on any atom is -0.488 e. The average Bonchev–Trinajstić information content (AvgIpc) is 3.16. The Morgan fingerprint density at radius 1 is 1.27 bits per heavy atom. The van der Waals surface area contributed by atoms with Gasteiger partial charge >= 0.3 is 0 Å². The first kappa shape index (κ1) is 20.8. The van der Waals surface area contributed by atoms with Crippen LogP contribution in [-0.2, 0) is 0 Å². The van der Waals surface area contributed by atoms with Crippen molar-refractivity contribution >= 4 is 34.7 Å². The van der Waals surface area contributed by atoms with Gasteiger partial charge in [-0.2, -0.15) is 0 Å². The van der Waals surface area contributed by atoms with Crippen LogP contribution in [0.3, 0.4) is 0 Å². The van der Waals surface area contributed by atoms with Crippen LogP contribution < -0.4 is 9.64 Å². The molecule has 1 saturated heterocycles. The zero-order chi connectivity index (χ0) is 20.9. The Hall–Kier alpha value is -2.44. The van der Waals surface area contributed by atoms with E-state index in [0.717, 1.165) is 60.3 Å². The molecule has 0 unspecified atom stereocenters. The van der Waals surface area contributed by atoms with E-state index < -0.39 is 0 Å². The molecule has 4 rings (SSSR count). The summed E-state index contributed by atoms with van der Waals surface area (Å²) in [5.41, 5.74) is 4.39. The summed E-state index contributed by atoms with van der Waals surface area (Å²) in [6.07, 6.45) is 8.49. The fraction of sp³-hybridized carbons (Fsp3) is 0.375. The molecule has 2 aromatic rings. The van der Waals surface area contributed by atoms with Crippen LogP contribution in [0.1, 0.15) is 27.6 Å². The molecule has 0 aliphatic carbocycles. The number of halogens is 1. The van der Waals surface area contributed by atoms with Crippen molar-refractivity contribution in [2.24, 2.45) is 0 Å². The molecular weight excluding hydrogens is 397 g/mol. The molecule has 30 heavy (non-hydrogen) atoms. The largest absolute Gasteiger partial charge is 0.488 e. The number of hydrogen-bond donors (Lipinski definition) is 0. The molecule has 0 spiro atoms. The Labute approximate surface area is 182 Å². The van der Waals surface area contributed by atoms with Gasteiger partial charge in [-0.25, -0.2) is 4.98 Å². The van der Waals surface area contributed by atoms with Gasteiger partial charge in [0.2, 0.25) is 0 Å². The molecule has 3 heterocycles. The number of alkyl halides is 1. The Bertz CT molecular complexity index is 957. The molecule has 1 fully saturated rings. The van der Waals surface area contributed by atoms with E-state index in [4.69, 9.17) is 9.72 Å². The molecule has 2 aliphatic rings. The maximum atomic E-state index is 12.4. The van der Waals surface area contributed by atoms with Gasteiger partial charge in [0.1, 0.15) is 17.4 Å². The molecule has 0 radical (unpaired) electrons. The van der Waals surface area contributed by atoms with Crippen LogP contribution in [0.25, 0.3) is 17.7 Å². The minimum absolute atomic E-state index is 0.231. The third-order valence-electron chi connectivity index (χ3n) is 5.55. The lowest BCUT2D eigenvalue weighted by Gasteiger charge is -2.36. The number of rotatable bonds is 7. The van der Waals surface area contributed by atoms with E-state index in [1.165, 1.54) is 10.6 Å². The predicted octanol–water partition coefficient (Wildman–Crippen LogP) is 5.07. The summed E-state index contributed by atoms with van der Waals surface area (Å²) < 4.78 is 18.5. The molecule has 4 nitrogen and oxygen atoms in total. The van der Waals surface area contributed by atoms with Crippen molar-refractivity contribution < 1.29 is 9.13 Å². The van der Waals surface area contributed by atoms with Crippen LogP contribution in [0.2, 0.25) is 0 Å². The predicted molar refractivity (Wildman–Crippen MR) is 125 cm³/mol. The van der Waals surface area contributed by atoms with Gasteiger partial charge in [-0.1, -0.05) is 18.7 Å². The van der Waals surface area contributed by atoms with E-state index in [-0.39, 0.29) is 6.67 Å². The average molecular weight is 426 g/mol. The standard InChI is InChI=1S/C24H28FN3OS/c1-3-4-6-22-18(2)30-24(26-22)20-15-19-7-8-21(16-23(19)29-17-20)28-13-11-27(12-14-28)10-5-9-25/h3-4,6-8,15-16H,1,5,9-14,17H2,2H3. The molecule has 6 heteroatoms. The van der Waals surface area contributed by atoms with Gasteiger partial charge in [0, 0.05) is 60.5 Å². The molecule has 0 bridgehead atoms. The van der Waals surface area contributed by atoms with Crippen molar-refractivity contribution in [1.29, 1.82) is 0 Å². The Kier molecular flexibility index (Phi) is 6.65. The lowest BCUT2D eigenvalue weighted by molar-refractivity contribution is 0.245. The molecule has 1 aromatic carbocycles. The highest BCUT2D eigenvalue weighted by molar-refractivity contribution is 7.12. The maximum absolute atomic E-state index is 12.4. The third kappa shape index (κ3) is 4.65. The smallest absolute Gasteiger partial charge is 0.129 e. The van der Waals surface area contributed by atoms with E-state index >= 15 is 0 Å². The van der Waals surface area contributed by atoms with Crippen molar-refractivity contribution in [3.05, 3.63) is 58.1 Å². The number of thiazole rings is 1. The Balaban J connectivity index is 1.46. The number of aromatic nitrogens is 1. The van der Waals surface area contributed by atoms with Gasteiger partial charge in [-0.3, -0.25) is 9.29 Å². The summed E-state index contributed by atoms with van der Waals surface area (Å²) in [4.78, 5) is 10.7. The van der Waals surface area contributed by atoms with Gasteiger partial charge in [-0.05, 0) is 37.6 Å². The molecule has 0 amide bonds. The lowest BCUT2D eigenvalue weighted by atomic mass is 10.1. The van der Waals surface area contributed by atoms with Crippen molar-refractivity contribution in [3.8, 4) is 5.75 Å². The van der Waals surface area contributed by atoms with Crippen LogP contribution in [0.15, 0.2) is 36.9 Å². The van der Waals surface area contributed by atoms with Crippen LogP contribution in [0.5, 0.6) is 5.75 Å². The highest BCUT2D eigenvalue weighted by atomic mass is 32.1. The van der Waals surface area contributed by atoms with Crippen LogP contribution >= 0.6 is 11.3 Å². The van der Waals surface area contributed by atoms with E-state index in [9.17, 15) is 4.39 Å². The normalized spacial score (nSPS) is 17.0. The van der Waals surface area contributed by atoms with Gasteiger partial charge in [0.05, 0.1) is 12.4 Å². The second-order valence-electron chi connectivity index (χ2n) is 7.61. The van der Waals surface area contributed by atoms with Crippen molar-refractivity contribution in [1.82, 2.24) is 9.88 Å². The number of hydrogen-bond acceptors (Lipinski definition) is 5. The van der Waals surface area contributed by atoms with Crippen LogP contribution in [0, 0.1) is 6.92 Å². The second-order valence-corrected chi connectivity index (χ2v) is 8.81. The van der Waals surface area contributed by atoms with Crippen molar-refractivity contribution in [3.63, 3.8) is 0 Å². The SMILES string of the molecule is C=CC=Cc1nc(C2=Cc3ccc(N4CCN(CCCF)CC4)cc3OC2)sc1C. The van der Waals surface area contributed by atoms with Crippen molar-refractivity contribution in [2.45, 2.75) is 13.3 Å². The zero-order valence-corrected chi connectivity index (χ0v) is 18.3. The number of allylic oxidation sites excluding steroid dienone is 2. The Morgan fingerprint density at radius 2 is 2.10 bits per heavy atom. The molecular formula is C24H28FN3OS. The summed E-state index contributed by atoms with van der Waals surface area (Å²) in [6, 6.07) is 6.45. The lowest BCUT2D eigenvalue weighted by Crippen LogP contribution is -2.46. The maximum Gasteiger partial charge on any atom is 0.129 e. The summed E-state index contributed by atoms with van der Waals surface area (Å²) in [5, 5.41) is 1.01. The van der Waals surface area contributed by atoms with E-state index in [2.05, 4.69) is 47.6 Å². The minimum atomic E-state index is -0.231. The molecule has 1 aromatic heterocycles. The second kappa shape index (κ2) is 9.58. The quantitative estimate of drug-likeness (QED) is 0.580. The molecule has 158 valence electrons. The van der Waals surface area contributed by atoms with E-state index in [1.54, 1.807) is 17.4 Å². The summed E-state index contributed by atoms with van der Waals surface area (Å²) in [5.74, 6) is 0.927. The first-order valence-electron chi connectivity index (χ1n) is 10.5. The molecule has 0 N–H and O–H groups in total. The van der Waals surface area contributed by atoms with Gasteiger partial charge < -0.3 is 9.64 Å². The van der Waals surface area contributed by atoms with E-state index in [1.807, 2.05) is 12.2 Å². The van der Waals surface area contributed by atoms with Crippen molar-refractivity contribution in [2.75, 3.05) is 50.9 Å². The number of nitrogens with zero attached hydrogens (tertiary/aromatic N) is 3. The van der Waals surface area contributed by atoms with Gasteiger partial charge in [0.15, 0.2) is 0 Å². The first-order valence-corrected chi connectivity index (χ1v) is 11.3. The third-order valence-corrected chi connectivity index (χ3v) is 6.61. The summed E-state index contributed by atoms with van der Waals surface area (Å²) in [6.45, 7) is 10.9. The monoisotopic (exact) mass is 425 g/mol. The molecule has 0 saturated carbocycles. The number of piperazine rings is 1. The number of benzene rings is 1. The first-order chi connectivity index (χ1) is 14.7. The van der Waals surface area contributed by atoms with Gasteiger partial charge in [0.25, 0.3) is 0 Å². The highest BCUT2D eigenvalue weighted by Gasteiger charge is 2.20. The summed E-state index contributed by atoms with van der Waals surface area (Å²) in [7, 11) is 0. The number of aryl methyl sites for hydroxylation is 1. The number of fused-ring (bicyclic) bond motifs is 1. The Morgan fingerprint density at radius 3 is 2.87 bits per heavy atom.